The van der Waals surface area contributed by atoms with Gasteiger partial charge in [0.1, 0.15) is 5.65 Å². The van der Waals surface area contributed by atoms with Crippen molar-refractivity contribution < 1.29 is 0 Å². The molecule has 0 N–H and O–H groups in total. The van der Waals surface area contributed by atoms with E-state index in [4.69, 9.17) is 5.26 Å². The van der Waals surface area contributed by atoms with Crippen LogP contribution in [0, 0.1) is 18.3 Å². The van der Waals surface area contributed by atoms with E-state index in [-0.39, 0.29) is 0 Å². The first-order chi connectivity index (χ1) is 10.3. The minimum atomic E-state index is 0.399. The topological polar surface area (TPSA) is 41.1 Å². The fraction of sp³-hybridized carbons (Fsp3) is 0.222. The first kappa shape index (κ1) is 13.4. The quantitative estimate of drug-likeness (QED) is 0.731. The fourth-order valence-corrected chi connectivity index (χ4v) is 2.63. The second-order valence-corrected chi connectivity index (χ2v) is 5.23. The van der Waals surface area contributed by atoms with Crippen LogP contribution in [0.25, 0.3) is 5.65 Å². The minimum Gasteiger partial charge on any atom is -0.303 e. The van der Waals surface area contributed by atoms with E-state index in [0.29, 0.717) is 6.42 Å². The molecule has 3 nitrogen and oxygen atoms in total. The summed E-state index contributed by atoms with van der Waals surface area (Å²) < 4.78 is 2.02. The number of benzene rings is 1. The number of fused-ring (bicyclic) bond motifs is 1. The highest BCUT2D eigenvalue weighted by atomic mass is 15.0. The SMILES string of the molecule is Cc1nc2cc(CCc3ccccc3)ccn2c1CC#N. The van der Waals surface area contributed by atoms with E-state index in [1.165, 1.54) is 11.1 Å². The summed E-state index contributed by atoms with van der Waals surface area (Å²) in [5.74, 6) is 0. The maximum absolute atomic E-state index is 8.90. The molecule has 0 saturated heterocycles. The molecule has 0 bridgehead atoms. The highest BCUT2D eigenvalue weighted by Crippen LogP contribution is 2.15. The van der Waals surface area contributed by atoms with Crippen LogP contribution in [0.5, 0.6) is 0 Å². The molecule has 0 unspecified atom stereocenters. The van der Waals surface area contributed by atoms with Crippen LogP contribution in [-0.2, 0) is 19.3 Å². The number of hydrogen-bond acceptors (Lipinski definition) is 2. The maximum Gasteiger partial charge on any atom is 0.137 e. The summed E-state index contributed by atoms with van der Waals surface area (Å²) >= 11 is 0. The Hall–Kier alpha value is -2.60. The van der Waals surface area contributed by atoms with Gasteiger partial charge < -0.3 is 4.40 Å². The minimum absolute atomic E-state index is 0.399. The lowest BCUT2D eigenvalue weighted by Gasteiger charge is -2.04. The zero-order valence-electron chi connectivity index (χ0n) is 12.1. The third kappa shape index (κ3) is 2.80. The van der Waals surface area contributed by atoms with Gasteiger partial charge >= 0.3 is 0 Å². The predicted molar refractivity (Wildman–Crippen MR) is 83.1 cm³/mol. The average Bonchev–Trinajstić information content (AvgIpc) is 2.82. The van der Waals surface area contributed by atoms with Crippen molar-refractivity contribution >= 4 is 5.65 Å². The van der Waals surface area contributed by atoms with Crippen LogP contribution in [0.2, 0.25) is 0 Å². The van der Waals surface area contributed by atoms with Crippen molar-refractivity contribution in [2.24, 2.45) is 0 Å². The van der Waals surface area contributed by atoms with Crippen molar-refractivity contribution in [3.05, 3.63) is 71.2 Å². The summed E-state index contributed by atoms with van der Waals surface area (Å²) in [6.45, 7) is 1.96. The summed E-state index contributed by atoms with van der Waals surface area (Å²) in [4.78, 5) is 4.56. The average molecular weight is 275 g/mol. The van der Waals surface area contributed by atoms with Crippen molar-refractivity contribution in [1.82, 2.24) is 9.38 Å². The normalized spacial score (nSPS) is 10.7. The summed E-state index contributed by atoms with van der Waals surface area (Å²) in [5.41, 5.74) is 5.49. The molecule has 0 amide bonds. The molecule has 0 radical (unpaired) electrons. The number of aryl methyl sites for hydroxylation is 3. The van der Waals surface area contributed by atoms with Crippen molar-refractivity contribution in [2.45, 2.75) is 26.2 Å². The zero-order chi connectivity index (χ0) is 14.7. The standard InChI is InChI=1S/C18H17N3/c1-14-17(9-11-19)21-12-10-16(13-18(21)20-14)8-7-15-5-3-2-4-6-15/h2-6,10,12-13H,7-9H2,1H3. The first-order valence-electron chi connectivity index (χ1n) is 7.15. The second-order valence-electron chi connectivity index (χ2n) is 5.23. The van der Waals surface area contributed by atoms with E-state index in [1.807, 2.05) is 23.6 Å². The van der Waals surface area contributed by atoms with Crippen LogP contribution in [-0.4, -0.2) is 9.38 Å². The van der Waals surface area contributed by atoms with Gasteiger partial charge in [-0.1, -0.05) is 30.3 Å². The maximum atomic E-state index is 8.90. The number of pyridine rings is 1. The zero-order valence-corrected chi connectivity index (χ0v) is 12.1. The van der Waals surface area contributed by atoms with Crippen molar-refractivity contribution in [1.29, 1.82) is 5.26 Å². The Morgan fingerprint density at radius 3 is 2.62 bits per heavy atom. The first-order valence-corrected chi connectivity index (χ1v) is 7.15. The third-order valence-electron chi connectivity index (χ3n) is 3.78. The Morgan fingerprint density at radius 2 is 1.86 bits per heavy atom. The van der Waals surface area contributed by atoms with Gasteiger partial charge in [0.15, 0.2) is 0 Å². The van der Waals surface area contributed by atoms with Crippen LogP contribution in [0.1, 0.15) is 22.5 Å². The lowest BCUT2D eigenvalue weighted by molar-refractivity contribution is 0.948. The summed E-state index contributed by atoms with van der Waals surface area (Å²) in [5, 5.41) is 8.90. The smallest absolute Gasteiger partial charge is 0.137 e. The van der Waals surface area contributed by atoms with Gasteiger partial charge in [-0.05, 0) is 43.0 Å². The molecule has 2 aromatic heterocycles. The molecule has 3 aromatic rings. The molecule has 2 heterocycles. The van der Waals surface area contributed by atoms with Crippen LogP contribution >= 0.6 is 0 Å². The third-order valence-corrected chi connectivity index (χ3v) is 3.78. The van der Waals surface area contributed by atoms with Crippen LogP contribution < -0.4 is 0 Å². The summed E-state index contributed by atoms with van der Waals surface area (Å²) in [6.07, 6.45) is 4.46. The van der Waals surface area contributed by atoms with Crippen molar-refractivity contribution in [3.63, 3.8) is 0 Å². The Kier molecular flexibility index (Phi) is 3.70. The number of aromatic nitrogens is 2. The van der Waals surface area contributed by atoms with Crippen LogP contribution in [0.15, 0.2) is 48.7 Å². The lowest BCUT2D eigenvalue weighted by Crippen LogP contribution is -1.96. The van der Waals surface area contributed by atoms with E-state index < -0.39 is 0 Å². The van der Waals surface area contributed by atoms with Gasteiger partial charge in [-0.15, -0.1) is 0 Å². The number of imidazole rings is 1. The van der Waals surface area contributed by atoms with Crippen molar-refractivity contribution in [2.75, 3.05) is 0 Å². The molecule has 0 aliphatic carbocycles. The lowest BCUT2D eigenvalue weighted by atomic mass is 10.1. The fourth-order valence-electron chi connectivity index (χ4n) is 2.63. The number of nitrogens with zero attached hydrogens (tertiary/aromatic N) is 3. The molecular formula is C18H17N3. The van der Waals surface area contributed by atoms with Gasteiger partial charge in [-0.3, -0.25) is 0 Å². The molecule has 1 aromatic carbocycles. The number of nitriles is 1. The van der Waals surface area contributed by atoms with Gasteiger partial charge in [0.2, 0.25) is 0 Å². The molecule has 3 heteroatoms. The molecule has 0 fully saturated rings. The Morgan fingerprint density at radius 1 is 1.10 bits per heavy atom. The Balaban J connectivity index is 1.83. The van der Waals surface area contributed by atoms with Crippen LogP contribution in [0.4, 0.5) is 0 Å². The largest absolute Gasteiger partial charge is 0.303 e. The number of rotatable bonds is 4. The highest BCUT2D eigenvalue weighted by Gasteiger charge is 2.08. The molecule has 3 rings (SSSR count). The van der Waals surface area contributed by atoms with E-state index in [9.17, 15) is 0 Å². The second kappa shape index (κ2) is 5.80. The molecule has 0 saturated carbocycles. The molecule has 0 atom stereocenters. The van der Waals surface area contributed by atoms with E-state index in [0.717, 1.165) is 29.9 Å². The van der Waals surface area contributed by atoms with Gasteiger partial charge in [0.25, 0.3) is 0 Å². The van der Waals surface area contributed by atoms with E-state index >= 15 is 0 Å². The molecule has 0 spiro atoms. The highest BCUT2D eigenvalue weighted by molar-refractivity contribution is 5.46. The van der Waals surface area contributed by atoms with Gasteiger partial charge in [0, 0.05) is 6.20 Å². The van der Waals surface area contributed by atoms with Gasteiger partial charge in [-0.25, -0.2) is 4.98 Å². The molecule has 104 valence electrons. The Labute approximate surface area is 124 Å². The molecule has 0 aliphatic heterocycles. The summed E-state index contributed by atoms with van der Waals surface area (Å²) in [6, 6.07) is 16.9. The summed E-state index contributed by atoms with van der Waals surface area (Å²) in [7, 11) is 0. The van der Waals surface area contributed by atoms with Crippen molar-refractivity contribution in [3.8, 4) is 6.07 Å². The Bertz CT molecular complexity index is 794. The van der Waals surface area contributed by atoms with E-state index in [1.54, 1.807) is 0 Å². The molecular weight excluding hydrogens is 258 g/mol. The van der Waals surface area contributed by atoms with Crippen LogP contribution in [0.3, 0.4) is 0 Å². The monoisotopic (exact) mass is 275 g/mol. The van der Waals surface area contributed by atoms with Gasteiger partial charge in [0.05, 0.1) is 23.9 Å². The number of hydrogen-bond donors (Lipinski definition) is 0. The molecule has 21 heavy (non-hydrogen) atoms. The predicted octanol–water partition coefficient (Wildman–Crippen LogP) is 3.49. The van der Waals surface area contributed by atoms with Gasteiger partial charge in [-0.2, -0.15) is 5.26 Å². The van der Waals surface area contributed by atoms with E-state index in [2.05, 4.69) is 47.5 Å². The molecule has 0 aliphatic rings.